The molecule has 9 nitrogen and oxygen atoms in total. The van der Waals surface area contributed by atoms with Crippen LogP contribution in [-0.4, -0.2) is 32.8 Å². The molecule has 33 heavy (non-hydrogen) atoms. The van der Waals surface area contributed by atoms with E-state index in [0.29, 0.717) is 33.5 Å². The quantitative estimate of drug-likeness (QED) is 0.369. The molecule has 0 unspecified atom stereocenters. The molecule has 164 valence electrons. The minimum atomic E-state index is -0.685. The SMILES string of the molecule is CN=CC(=CN)c1ccc2ncc3c(=O)[nH]c(=O)n(-c4ccc(C(C)(C)C#N)cc4)c3c2n1. The Balaban J connectivity index is 2.08. The molecule has 1 aromatic carbocycles. The monoisotopic (exact) mass is 439 g/mol. The predicted octanol–water partition coefficient (Wildman–Crippen LogP) is 2.42. The van der Waals surface area contributed by atoms with Gasteiger partial charge in [-0.2, -0.15) is 5.26 Å². The van der Waals surface area contributed by atoms with Crippen molar-refractivity contribution in [1.82, 2.24) is 19.5 Å². The van der Waals surface area contributed by atoms with E-state index in [1.165, 1.54) is 17.0 Å². The Kier molecular flexibility index (Phi) is 5.35. The summed E-state index contributed by atoms with van der Waals surface area (Å²) in [5.74, 6) is 0. The van der Waals surface area contributed by atoms with Crippen LogP contribution >= 0.6 is 0 Å². The molecule has 0 aliphatic heterocycles. The van der Waals surface area contributed by atoms with Crippen LogP contribution in [0.5, 0.6) is 0 Å². The van der Waals surface area contributed by atoms with Gasteiger partial charge in [-0.1, -0.05) is 12.1 Å². The van der Waals surface area contributed by atoms with Gasteiger partial charge in [-0.15, -0.1) is 0 Å². The van der Waals surface area contributed by atoms with E-state index in [2.05, 4.69) is 26.0 Å². The smallest absolute Gasteiger partial charge is 0.333 e. The molecule has 3 heterocycles. The van der Waals surface area contributed by atoms with Crippen LogP contribution in [0.1, 0.15) is 25.1 Å². The molecule has 0 amide bonds. The average molecular weight is 439 g/mol. The number of pyridine rings is 2. The Bertz CT molecular complexity index is 1600. The second-order valence-electron chi connectivity index (χ2n) is 7.97. The van der Waals surface area contributed by atoms with Crippen LogP contribution in [0.15, 0.2) is 63.4 Å². The van der Waals surface area contributed by atoms with E-state index in [0.717, 1.165) is 5.56 Å². The number of hydrogen-bond donors (Lipinski definition) is 2. The van der Waals surface area contributed by atoms with Crippen molar-refractivity contribution in [2.24, 2.45) is 10.7 Å². The van der Waals surface area contributed by atoms with Gasteiger partial charge in [-0.3, -0.25) is 24.3 Å². The van der Waals surface area contributed by atoms with Gasteiger partial charge >= 0.3 is 5.69 Å². The first kappa shape index (κ1) is 21.6. The van der Waals surface area contributed by atoms with Crippen LogP contribution in [0, 0.1) is 11.3 Å². The van der Waals surface area contributed by atoms with Crippen LogP contribution in [-0.2, 0) is 5.41 Å². The van der Waals surface area contributed by atoms with Gasteiger partial charge in [0, 0.05) is 31.2 Å². The number of benzene rings is 1. The number of allylic oxidation sites excluding steroid dienone is 1. The largest absolute Gasteiger partial charge is 0.404 e. The minimum Gasteiger partial charge on any atom is -0.404 e. The maximum absolute atomic E-state index is 13.0. The van der Waals surface area contributed by atoms with Crippen molar-refractivity contribution >= 4 is 33.7 Å². The van der Waals surface area contributed by atoms with Crippen molar-refractivity contribution in [3.05, 3.63) is 80.9 Å². The zero-order valence-corrected chi connectivity index (χ0v) is 18.3. The normalized spacial score (nSPS) is 12.5. The standard InChI is InChI=1S/C24H21N7O2/c1-24(2,13-26)15-4-6-16(7-5-15)31-21-17(22(32)30-23(31)33)12-28-19-9-8-18(29-20(19)21)14(10-25)11-27-3/h4-12H,25H2,1-3H3,(H,30,32,33). The highest BCUT2D eigenvalue weighted by Crippen LogP contribution is 2.26. The first-order valence-corrected chi connectivity index (χ1v) is 10.1. The van der Waals surface area contributed by atoms with Gasteiger partial charge in [0.15, 0.2) is 0 Å². The van der Waals surface area contributed by atoms with Crippen LogP contribution in [0.4, 0.5) is 0 Å². The zero-order valence-electron chi connectivity index (χ0n) is 18.3. The zero-order chi connectivity index (χ0) is 23.8. The molecule has 0 aliphatic rings. The van der Waals surface area contributed by atoms with E-state index >= 15 is 0 Å². The lowest BCUT2D eigenvalue weighted by atomic mass is 9.86. The van der Waals surface area contributed by atoms with E-state index in [1.807, 2.05) is 13.8 Å². The number of H-pyrrole nitrogens is 1. The average Bonchev–Trinajstić information content (AvgIpc) is 2.82. The Morgan fingerprint density at radius 3 is 2.58 bits per heavy atom. The third kappa shape index (κ3) is 3.68. The minimum absolute atomic E-state index is 0.218. The summed E-state index contributed by atoms with van der Waals surface area (Å²) in [7, 11) is 1.62. The van der Waals surface area contributed by atoms with Gasteiger partial charge in [0.05, 0.1) is 39.3 Å². The third-order valence-corrected chi connectivity index (χ3v) is 5.45. The fourth-order valence-electron chi connectivity index (χ4n) is 3.60. The maximum Gasteiger partial charge on any atom is 0.333 e. The van der Waals surface area contributed by atoms with Crippen LogP contribution < -0.4 is 17.0 Å². The molecule has 3 N–H and O–H groups in total. The predicted molar refractivity (Wildman–Crippen MR) is 128 cm³/mol. The van der Waals surface area contributed by atoms with Crippen LogP contribution in [0.3, 0.4) is 0 Å². The van der Waals surface area contributed by atoms with Crippen molar-refractivity contribution in [2.45, 2.75) is 19.3 Å². The maximum atomic E-state index is 13.0. The number of nitriles is 1. The number of fused-ring (bicyclic) bond motifs is 3. The van der Waals surface area contributed by atoms with E-state index in [9.17, 15) is 14.9 Å². The number of aliphatic imine (C=N–C) groups is 1. The number of nitrogens with two attached hydrogens (primary N) is 1. The molecule has 0 spiro atoms. The molecular formula is C24H21N7O2. The van der Waals surface area contributed by atoms with Gasteiger partial charge in [-0.25, -0.2) is 9.78 Å². The van der Waals surface area contributed by atoms with Gasteiger partial charge in [0.1, 0.15) is 5.52 Å². The topological polar surface area (TPSA) is 143 Å². The summed E-state index contributed by atoms with van der Waals surface area (Å²) < 4.78 is 1.39. The molecule has 4 rings (SSSR count). The lowest BCUT2D eigenvalue weighted by molar-refractivity contribution is 0.686. The van der Waals surface area contributed by atoms with Gasteiger partial charge < -0.3 is 5.73 Å². The molecule has 0 radical (unpaired) electrons. The van der Waals surface area contributed by atoms with Gasteiger partial charge in [0.2, 0.25) is 0 Å². The fraction of sp³-hybridized carbons (Fsp3) is 0.167. The number of nitrogens with one attached hydrogen (secondary N) is 1. The Labute approximate surface area is 188 Å². The second kappa shape index (κ2) is 8.16. The summed E-state index contributed by atoms with van der Waals surface area (Å²) in [4.78, 5) is 40.9. The van der Waals surface area contributed by atoms with Crippen LogP contribution in [0.2, 0.25) is 0 Å². The Hall–Kier alpha value is -4.58. The highest BCUT2D eigenvalue weighted by Gasteiger charge is 2.20. The van der Waals surface area contributed by atoms with E-state index in [-0.39, 0.29) is 5.39 Å². The summed E-state index contributed by atoms with van der Waals surface area (Å²) in [6, 6.07) is 12.8. The van der Waals surface area contributed by atoms with Crippen molar-refractivity contribution in [2.75, 3.05) is 7.05 Å². The summed E-state index contributed by atoms with van der Waals surface area (Å²) in [5.41, 5.74) is 7.53. The number of nitrogens with zero attached hydrogens (tertiary/aromatic N) is 5. The second-order valence-corrected chi connectivity index (χ2v) is 7.97. The molecule has 0 bridgehead atoms. The molecular weight excluding hydrogens is 418 g/mol. The summed E-state index contributed by atoms with van der Waals surface area (Å²) >= 11 is 0. The Morgan fingerprint density at radius 2 is 1.94 bits per heavy atom. The first-order valence-electron chi connectivity index (χ1n) is 10.1. The highest BCUT2D eigenvalue weighted by molar-refractivity contribution is 6.10. The third-order valence-electron chi connectivity index (χ3n) is 5.45. The number of hydrogen-bond acceptors (Lipinski definition) is 7. The lowest BCUT2D eigenvalue weighted by Gasteiger charge is -2.17. The molecule has 9 heteroatoms. The summed E-state index contributed by atoms with van der Waals surface area (Å²) in [6.07, 6.45) is 4.38. The van der Waals surface area contributed by atoms with Gasteiger partial charge in [-0.05, 0) is 43.7 Å². The summed E-state index contributed by atoms with van der Waals surface area (Å²) in [6.45, 7) is 3.63. The number of aromatic nitrogens is 4. The molecule has 0 saturated heterocycles. The molecule has 0 saturated carbocycles. The van der Waals surface area contributed by atoms with Crippen LogP contribution in [0.25, 0.3) is 33.2 Å². The summed E-state index contributed by atoms with van der Waals surface area (Å²) in [5, 5.41) is 9.63. The molecule has 3 aromatic heterocycles. The Morgan fingerprint density at radius 1 is 1.21 bits per heavy atom. The number of rotatable bonds is 4. The van der Waals surface area contributed by atoms with Gasteiger partial charge in [0.25, 0.3) is 5.56 Å². The van der Waals surface area contributed by atoms with Crippen molar-refractivity contribution < 1.29 is 0 Å². The molecule has 0 atom stereocenters. The van der Waals surface area contributed by atoms with E-state index < -0.39 is 16.7 Å². The van der Waals surface area contributed by atoms with Crippen molar-refractivity contribution in [3.8, 4) is 11.8 Å². The van der Waals surface area contributed by atoms with Crippen molar-refractivity contribution in [1.29, 1.82) is 5.26 Å². The number of aromatic amines is 1. The fourth-order valence-corrected chi connectivity index (χ4v) is 3.60. The first-order chi connectivity index (χ1) is 15.8. The van der Waals surface area contributed by atoms with E-state index in [1.54, 1.807) is 49.7 Å². The highest BCUT2D eigenvalue weighted by atomic mass is 16.2. The lowest BCUT2D eigenvalue weighted by Crippen LogP contribution is -2.29. The molecule has 0 aliphatic carbocycles. The molecule has 4 aromatic rings. The van der Waals surface area contributed by atoms with Crippen molar-refractivity contribution in [3.63, 3.8) is 0 Å². The van der Waals surface area contributed by atoms with E-state index in [4.69, 9.17) is 5.73 Å². The molecule has 0 fully saturated rings.